The molecule has 0 bridgehead atoms. The normalized spacial score (nSPS) is 12.4. The maximum absolute atomic E-state index is 9.93. The first-order chi connectivity index (χ1) is 10.0. The summed E-state index contributed by atoms with van der Waals surface area (Å²) >= 11 is 1.67. The molecule has 2 aromatic rings. The lowest BCUT2D eigenvalue weighted by Crippen LogP contribution is -2.31. The van der Waals surface area contributed by atoms with E-state index in [4.69, 9.17) is 4.74 Å². The molecule has 21 heavy (non-hydrogen) atoms. The fourth-order valence-electron chi connectivity index (χ4n) is 2.12. The number of aliphatic hydroxyl groups excluding tert-OH is 1. The van der Waals surface area contributed by atoms with Crippen LogP contribution in [0.3, 0.4) is 0 Å². The maximum Gasteiger partial charge on any atom is 0.119 e. The van der Waals surface area contributed by atoms with E-state index in [-0.39, 0.29) is 6.61 Å². The number of rotatable bonds is 7. The average molecular weight is 306 g/mol. The van der Waals surface area contributed by atoms with Crippen LogP contribution in [0.2, 0.25) is 0 Å². The molecule has 1 unspecified atom stereocenters. The summed E-state index contributed by atoms with van der Waals surface area (Å²) in [7, 11) is 0. The number of nitrogens with one attached hydrogen (secondary N) is 1. The molecule has 0 spiro atoms. The van der Waals surface area contributed by atoms with Crippen LogP contribution in [0.1, 0.15) is 21.0 Å². The van der Waals surface area contributed by atoms with Crippen LogP contribution in [0.25, 0.3) is 0 Å². The lowest BCUT2D eigenvalue weighted by Gasteiger charge is -2.13. The van der Waals surface area contributed by atoms with Crippen molar-refractivity contribution in [2.45, 2.75) is 33.4 Å². The first-order valence-corrected chi connectivity index (χ1v) is 7.86. The van der Waals surface area contributed by atoms with Crippen LogP contribution in [0.4, 0.5) is 0 Å². The third kappa shape index (κ3) is 5.46. The second-order valence-corrected chi connectivity index (χ2v) is 6.58. The van der Waals surface area contributed by atoms with Gasteiger partial charge in [-0.15, -0.1) is 11.3 Å². The Morgan fingerprint density at radius 2 is 1.95 bits per heavy atom. The lowest BCUT2D eigenvalue weighted by molar-refractivity contribution is 0.106. The zero-order chi connectivity index (χ0) is 15.2. The van der Waals surface area contributed by atoms with Crippen LogP contribution in [0.15, 0.2) is 24.4 Å². The van der Waals surface area contributed by atoms with Crippen LogP contribution < -0.4 is 10.1 Å². The third-order valence-corrected chi connectivity index (χ3v) is 3.90. The van der Waals surface area contributed by atoms with Crippen LogP contribution in [-0.2, 0) is 6.54 Å². The summed E-state index contributed by atoms with van der Waals surface area (Å²) in [4.78, 5) is 5.37. The molecule has 0 saturated heterocycles. The fraction of sp³-hybridized carbons (Fsp3) is 0.438. The summed E-state index contributed by atoms with van der Waals surface area (Å²) in [6, 6.07) is 6.06. The largest absolute Gasteiger partial charge is 0.491 e. The average Bonchev–Trinajstić information content (AvgIpc) is 2.81. The van der Waals surface area contributed by atoms with E-state index in [0.717, 1.165) is 28.4 Å². The molecule has 4 nitrogen and oxygen atoms in total. The van der Waals surface area contributed by atoms with Gasteiger partial charge in [0.15, 0.2) is 0 Å². The number of hydrogen-bond donors (Lipinski definition) is 2. The number of thiazole rings is 1. The first-order valence-electron chi connectivity index (χ1n) is 7.04. The second kappa shape index (κ2) is 7.54. The van der Waals surface area contributed by atoms with E-state index < -0.39 is 6.10 Å². The molecular weight excluding hydrogens is 284 g/mol. The second-order valence-electron chi connectivity index (χ2n) is 5.26. The van der Waals surface area contributed by atoms with Crippen LogP contribution in [0.5, 0.6) is 5.75 Å². The number of aryl methyl sites for hydroxylation is 3. The quantitative estimate of drug-likeness (QED) is 0.825. The summed E-state index contributed by atoms with van der Waals surface area (Å²) < 4.78 is 5.64. The Balaban J connectivity index is 1.70. The van der Waals surface area contributed by atoms with Crippen molar-refractivity contribution >= 4 is 11.3 Å². The van der Waals surface area contributed by atoms with Gasteiger partial charge in [-0.05, 0) is 44.0 Å². The zero-order valence-corrected chi connectivity index (χ0v) is 13.5. The first kappa shape index (κ1) is 15.9. The van der Waals surface area contributed by atoms with Gasteiger partial charge in [-0.3, -0.25) is 0 Å². The number of benzene rings is 1. The Morgan fingerprint density at radius 1 is 1.24 bits per heavy atom. The van der Waals surface area contributed by atoms with Gasteiger partial charge >= 0.3 is 0 Å². The predicted molar refractivity (Wildman–Crippen MR) is 86.0 cm³/mol. The molecule has 0 aliphatic rings. The molecule has 0 amide bonds. The van der Waals surface area contributed by atoms with Crippen molar-refractivity contribution in [3.8, 4) is 5.75 Å². The molecule has 0 aliphatic carbocycles. The van der Waals surface area contributed by atoms with E-state index >= 15 is 0 Å². The van der Waals surface area contributed by atoms with Gasteiger partial charge in [0.05, 0.1) is 5.01 Å². The predicted octanol–water partition coefficient (Wildman–Crippen LogP) is 2.60. The summed E-state index contributed by atoms with van der Waals surface area (Å²) in [5, 5.41) is 14.2. The summed E-state index contributed by atoms with van der Waals surface area (Å²) in [5.74, 6) is 0.810. The van der Waals surface area contributed by atoms with Crippen LogP contribution >= 0.6 is 11.3 Å². The van der Waals surface area contributed by atoms with Crippen molar-refractivity contribution in [1.29, 1.82) is 0 Å². The molecule has 1 heterocycles. The van der Waals surface area contributed by atoms with Crippen molar-refractivity contribution in [2.75, 3.05) is 13.2 Å². The molecule has 0 saturated carbocycles. The van der Waals surface area contributed by atoms with Crippen molar-refractivity contribution in [1.82, 2.24) is 10.3 Å². The minimum absolute atomic E-state index is 0.289. The highest BCUT2D eigenvalue weighted by atomic mass is 32.1. The highest BCUT2D eigenvalue weighted by Crippen LogP contribution is 2.16. The number of aromatic nitrogens is 1. The minimum Gasteiger partial charge on any atom is -0.491 e. The highest BCUT2D eigenvalue weighted by molar-refractivity contribution is 7.11. The Bertz CT molecular complexity index is 563. The monoisotopic (exact) mass is 306 g/mol. The standard InChI is InChI=1S/C16H22N2O2S/c1-11-4-12(2)6-15(5-11)20-10-14(19)7-17-8-16-9-18-13(3)21-16/h4-6,9,14,17,19H,7-8,10H2,1-3H3. The minimum atomic E-state index is -0.528. The SMILES string of the molecule is Cc1cc(C)cc(OCC(O)CNCc2cnc(C)s2)c1. The fourth-order valence-corrected chi connectivity index (χ4v) is 2.88. The summed E-state index contributed by atoms with van der Waals surface area (Å²) in [6.45, 7) is 7.58. The molecule has 1 aromatic carbocycles. The molecule has 1 atom stereocenters. The van der Waals surface area contributed by atoms with E-state index in [9.17, 15) is 5.11 Å². The van der Waals surface area contributed by atoms with Crippen molar-refractivity contribution in [3.63, 3.8) is 0 Å². The summed E-state index contributed by atoms with van der Waals surface area (Å²) in [5.41, 5.74) is 2.33. The molecule has 2 N–H and O–H groups in total. The van der Waals surface area contributed by atoms with Gasteiger partial charge in [0.25, 0.3) is 0 Å². The van der Waals surface area contributed by atoms with E-state index in [0.29, 0.717) is 6.54 Å². The van der Waals surface area contributed by atoms with Gasteiger partial charge in [-0.25, -0.2) is 4.98 Å². The van der Waals surface area contributed by atoms with Gasteiger partial charge in [0.2, 0.25) is 0 Å². The number of hydrogen-bond acceptors (Lipinski definition) is 5. The highest BCUT2D eigenvalue weighted by Gasteiger charge is 2.06. The van der Waals surface area contributed by atoms with Crippen molar-refractivity contribution in [2.24, 2.45) is 0 Å². The third-order valence-electron chi connectivity index (χ3n) is 2.99. The van der Waals surface area contributed by atoms with E-state index in [1.807, 2.05) is 39.1 Å². The molecule has 114 valence electrons. The smallest absolute Gasteiger partial charge is 0.119 e. The number of nitrogens with zero attached hydrogens (tertiary/aromatic N) is 1. The number of aliphatic hydroxyl groups is 1. The van der Waals surface area contributed by atoms with E-state index in [1.54, 1.807) is 11.3 Å². The molecule has 1 aromatic heterocycles. The molecule has 2 rings (SSSR count). The summed E-state index contributed by atoms with van der Waals surface area (Å²) in [6.07, 6.45) is 1.34. The molecular formula is C16H22N2O2S. The molecule has 0 fully saturated rings. The Morgan fingerprint density at radius 3 is 2.57 bits per heavy atom. The van der Waals surface area contributed by atoms with Crippen molar-refractivity contribution in [3.05, 3.63) is 45.4 Å². The maximum atomic E-state index is 9.93. The molecule has 0 radical (unpaired) electrons. The topological polar surface area (TPSA) is 54.4 Å². The molecule has 0 aliphatic heterocycles. The number of ether oxygens (including phenoxy) is 1. The van der Waals surface area contributed by atoms with E-state index in [2.05, 4.69) is 16.4 Å². The van der Waals surface area contributed by atoms with Crippen LogP contribution in [0, 0.1) is 20.8 Å². The van der Waals surface area contributed by atoms with Gasteiger partial charge in [0.1, 0.15) is 18.5 Å². The van der Waals surface area contributed by atoms with Gasteiger partial charge in [0, 0.05) is 24.2 Å². The van der Waals surface area contributed by atoms with Crippen molar-refractivity contribution < 1.29 is 9.84 Å². The Hall–Kier alpha value is -1.43. The van der Waals surface area contributed by atoms with Gasteiger partial charge in [-0.2, -0.15) is 0 Å². The Labute approximate surface area is 129 Å². The lowest BCUT2D eigenvalue weighted by atomic mass is 10.1. The Kier molecular flexibility index (Phi) is 5.73. The van der Waals surface area contributed by atoms with Gasteiger partial charge in [-0.1, -0.05) is 6.07 Å². The van der Waals surface area contributed by atoms with Gasteiger partial charge < -0.3 is 15.2 Å². The van der Waals surface area contributed by atoms with Crippen LogP contribution in [-0.4, -0.2) is 29.3 Å². The zero-order valence-electron chi connectivity index (χ0n) is 12.7. The van der Waals surface area contributed by atoms with E-state index in [1.165, 1.54) is 4.88 Å². The molecule has 5 heteroatoms.